The van der Waals surface area contributed by atoms with Gasteiger partial charge in [0, 0.05) is 19.1 Å². The topological polar surface area (TPSA) is 120 Å². The Morgan fingerprint density at radius 1 is 1.21 bits per heavy atom. The van der Waals surface area contributed by atoms with Crippen LogP contribution < -0.4 is 21.3 Å². The third kappa shape index (κ3) is 2.32. The third-order valence-corrected chi connectivity index (χ3v) is 3.37. The summed E-state index contributed by atoms with van der Waals surface area (Å²) < 4.78 is 19.7. The molecule has 1 aromatic carbocycles. The van der Waals surface area contributed by atoms with Gasteiger partial charge < -0.3 is 10.5 Å². The van der Waals surface area contributed by atoms with Gasteiger partial charge in [-0.05, 0) is 12.1 Å². The van der Waals surface area contributed by atoms with Crippen molar-refractivity contribution < 1.29 is 23.5 Å². The Kier molecular flexibility index (Phi) is 3.40. The van der Waals surface area contributed by atoms with Crippen LogP contribution >= 0.6 is 0 Å². The first-order valence-electron chi connectivity index (χ1n) is 6.69. The monoisotopic (exact) mass is 331 g/mol. The van der Waals surface area contributed by atoms with Crippen molar-refractivity contribution in [3.63, 3.8) is 0 Å². The van der Waals surface area contributed by atoms with Gasteiger partial charge in [-0.15, -0.1) is 0 Å². The molecule has 0 saturated heterocycles. The summed E-state index contributed by atoms with van der Waals surface area (Å²) in [5.41, 5.74) is 4.31. The fourth-order valence-corrected chi connectivity index (χ4v) is 2.42. The minimum atomic E-state index is -0.829. The molecular formula is C15H10FN3O5. The van der Waals surface area contributed by atoms with Crippen LogP contribution in [0.25, 0.3) is 5.69 Å². The molecule has 1 aromatic heterocycles. The second-order valence-electron chi connectivity index (χ2n) is 4.98. The number of esters is 1. The molecule has 9 heteroatoms. The van der Waals surface area contributed by atoms with Gasteiger partial charge in [-0.25, -0.2) is 4.39 Å². The summed E-state index contributed by atoms with van der Waals surface area (Å²) in [5.74, 6) is -3.39. The molecule has 0 spiro atoms. The zero-order chi connectivity index (χ0) is 17.6. The molecule has 3 rings (SSSR count). The number of halogens is 1. The number of nitrogen functional groups attached to an aromatic ring is 1. The largest absolute Gasteiger partial charge is 0.427 e. The number of aromatic nitrogens is 1. The number of imide groups is 1. The Bertz CT molecular complexity index is 980. The lowest BCUT2D eigenvalue weighted by Crippen LogP contribution is -2.25. The molecule has 24 heavy (non-hydrogen) atoms. The summed E-state index contributed by atoms with van der Waals surface area (Å²) in [6.45, 7) is 1.16. The number of carbonyl (C=O) groups excluding carboxylic acids is 3. The summed E-state index contributed by atoms with van der Waals surface area (Å²) in [6, 6.07) is 4.17. The van der Waals surface area contributed by atoms with Gasteiger partial charge in [-0.1, -0.05) is 0 Å². The molecule has 1 aliphatic rings. The number of carbonyl (C=O) groups is 3. The second-order valence-corrected chi connectivity index (χ2v) is 4.98. The number of rotatable bonds is 2. The highest BCUT2D eigenvalue weighted by Gasteiger charge is 2.32. The molecule has 0 aliphatic carbocycles. The summed E-state index contributed by atoms with van der Waals surface area (Å²) in [4.78, 5) is 46.7. The van der Waals surface area contributed by atoms with Crippen LogP contribution in [0.15, 0.2) is 29.1 Å². The van der Waals surface area contributed by atoms with E-state index in [2.05, 4.69) is 0 Å². The highest BCUT2D eigenvalue weighted by molar-refractivity contribution is 6.23. The van der Waals surface area contributed by atoms with E-state index >= 15 is 0 Å². The molecule has 1 aliphatic heterocycles. The van der Waals surface area contributed by atoms with Crippen molar-refractivity contribution in [3.05, 3.63) is 51.6 Å². The molecule has 2 aromatic rings. The van der Waals surface area contributed by atoms with Crippen LogP contribution in [0.2, 0.25) is 0 Å². The van der Waals surface area contributed by atoms with E-state index in [0.29, 0.717) is 0 Å². The van der Waals surface area contributed by atoms with Crippen LogP contribution in [0.5, 0.6) is 5.75 Å². The van der Waals surface area contributed by atoms with E-state index in [0.717, 1.165) is 29.7 Å². The van der Waals surface area contributed by atoms with E-state index in [4.69, 9.17) is 10.5 Å². The minimum Gasteiger partial charge on any atom is -0.427 e. The van der Waals surface area contributed by atoms with Gasteiger partial charge in [0.15, 0.2) is 0 Å². The van der Waals surface area contributed by atoms with Crippen molar-refractivity contribution in [1.82, 2.24) is 9.88 Å². The first-order chi connectivity index (χ1) is 11.3. The summed E-state index contributed by atoms with van der Waals surface area (Å²) >= 11 is 0. The number of pyridine rings is 1. The molecule has 0 atom stereocenters. The maximum atomic E-state index is 14.2. The van der Waals surface area contributed by atoms with Crippen molar-refractivity contribution in [2.45, 2.75) is 6.92 Å². The van der Waals surface area contributed by atoms with E-state index in [9.17, 15) is 23.6 Å². The first kappa shape index (κ1) is 15.4. The summed E-state index contributed by atoms with van der Waals surface area (Å²) in [6.07, 6.45) is 0. The van der Waals surface area contributed by atoms with Crippen molar-refractivity contribution >= 4 is 23.6 Å². The van der Waals surface area contributed by atoms with Gasteiger partial charge in [-0.2, -0.15) is 0 Å². The maximum Gasteiger partial charge on any atom is 0.308 e. The first-order valence-corrected chi connectivity index (χ1v) is 6.69. The molecule has 0 fully saturated rings. The van der Waals surface area contributed by atoms with Crippen molar-refractivity contribution in [2.75, 3.05) is 5.73 Å². The van der Waals surface area contributed by atoms with Gasteiger partial charge in [0.05, 0.1) is 16.8 Å². The molecule has 2 amide bonds. The van der Waals surface area contributed by atoms with E-state index in [1.54, 1.807) is 0 Å². The predicted octanol–water partition coefficient (Wildman–Crippen LogP) is 0.368. The number of anilines is 1. The normalized spacial score (nSPS) is 12.8. The number of nitrogens with one attached hydrogen (secondary N) is 1. The van der Waals surface area contributed by atoms with Crippen LogP contribution in [-0.2, 0) is 4.79 Å². The Labute approximate surface area is 133 Å². The number of nitrogens with zero attached hydrogens (tertiary/aromatic N) is 1. The van der Waals surface area contributed by atoms with Gasteiger partial charge in [0.1, 0.15) is 17.4 Å². The number of benzene rings is 1. The van der Waals surface area contributed by atoms with Gasteiger partial charge in [0.25, 0.3) is 17.4 Å². The zero-order valence-electron chi connectivity index (χ0n) is 12.3. The standard InChI is InChI=1S/C15H10FN3O5/c1-6(20)24-7-2-3-9(16)10(4-7)19-11(21)5-8-12(13(19)17)15(23)18-14(8)22/h2-5H,17H2,1H3,(H,18,22,23). The quantitative estimate of drug-likeness (QED) is 0.466. The van der Waals surface area contributed by atoms with Gasteiger partial charge in [-0.3, -0.25) is 29.1 Å². The average Bonchev–Trinajstić information content (AvgIpc) is 2.76. The van der Waals surface area contributed by atoms with Crippen molar-refractivity contribution in [3.8, 4) is 11.4 Å². The molecule has 122 valence electrons. The lowest BCUT2D eigenvalue weighted by Gasteiger charge is -2.13. The number of amides is 2. The van der Waals surface area contributed by atoms with Crippen LogP contribution in [0.3, 0.4) is 0 Å². The van der Waals surface area contributed by atoms with Crippen LogP contribution in [0.1, 0.15) is 27.6 Å². The predicted molar refractivity (Wildman–Crippen MR) is 79.5 cm³/mol. The molecule has 2 heterocycles. The second kappa shape index (κ2) is 5.30. The van der Waals surface area contributed by atoms with Crippen LogP contribution in [0, 0.1) is 5.82 Å². The van der Waals surface area contributed by atoms with Crippen LogP contribution in [-0.4, -0.2) is 22.4 Å². The third-order valence-electron chi connectivity index (χ3n) is 3.37. The molecule has 0 saturated carbocycles. The SMILES string of the molecule is CC(=O)Oc1ccc(F)c(-n2c(N)c3c(cc2=O)C(=O)NC3=O)c1. The Hall–Kier alpha value is -3.49. The van der Waals surface area contributed by atoms with Gasteiger partial charge >= 0.3 is 5.97 Å². The zero-order valence-corrected chi connectivity index (χ0v) is 12.3. The van der Waals surface area contributed by atoms with E-state index in [-0.39, 0.29) is 28.4 Å². The van der Waals surface area contributed by atoms with E-state index in [1.165, 1.54) is 6.07 Å². The van der Waals surface area contributed by atoms with Crippen molar-refractivity contribution in [1.29, 1.82) is 0 Å². The maximum absolute atomic E-state index is 14.2. The molecule has 0 radical (unpaired) electrons. The van der Waals surface area contributed by atoms with Gasteiger partial charge in [0.2, 0.25) is 0 Å². The Morgan fingerprint density at radius 2 is 1.92 bits per heavy atom. The fourth-order valence-electron chi connectivity index (χ4n) is 2.42. The highest BCUT2D eigenvalue weighted by Crippen LogP contribution is 2.26. The summed E-state index contributed by atoms with van der Waals surface area (Å²) in [7, 11) is 0. The number of nitrogens with two attached hydrogens (primary N) is 1. The van der Waals surface area contributed by atoms with E-state index < -0.39 is 29.2 Å². The smallest absolute Gasteiger partial charge is 0.308 e. The number of fused-ring (bicyclic) bond motifs is 1. The lowest BCUT2D eigenvalue weighted by atomic mass is 10.1. The highest BCUT2D eigenvalue weighted by atomic mass is 19.1. The summed E-state index contributed by atoms with van der Waals surface area (Å²) in [5, 5.41) is 2.01. The Morgan fingerprint density at radius 3 is 2.58 bits per heavy atom. The average molecular weight is 331 g/mol. The number of hydrogen-bond acceptors (Lipinski definition) is 6. The molecule has 0 unspecified atom stereocenters. The van der Waals surface area contributed by atoms with Crippen LogP contribution in [0.4, 0.5) is 10.2 Å². The van der Waals surface area contributed by atoms with E-state index in [1.807, 2.05) is 5.32 Å². The minimum absolute atomic E-state index is 0.00812. The molecule has 3 N–H and O–H groups in total. The van der Waals surface area contributed by atoms with Crippen molar-refractivity contribution in [2.24, 2.45) is 0 Å². The molecule has 0 bridgehead atoms. The fraction of sp³-hybridized carbons (Fsp3) is 0.0667. The number of ether oxygens (including phenoxy) is 1. The number of hydrogen-bond donors (Lipinski definition) is 2. The lowest BCUT2D eigenvalue weighted by molar-refractivity contribution is -0.131. The molecule has 8 nitrogen and oxygen atoms in total. The molecular weight excluding hydrogens is 321 g/mol. The Balaban J connectivity index is 2.27.